The average Bonchev–Trinajstić information content (AvgIpc) is 2.36. The van der Waals surface area contributed by atoms with Crippen LogP contribution in [0.5, 0.6) is 5.75 Å². The zero-order valence-electron chi connectivity index (χ0n) is 13.4. The fourth-order valence-electron chi connectivity index (χ4n) is 2.47. The third kappa shape index (κ3) is 3.33. The number of aryl methyl sites for hydroxylation is 1. The van der Waals surface area contributed by atoms with Crippen LogP contribution in [0.3, 0.4) is 0 Å². The molecule has 0 bridgehead atoms. The predicted octanol–water partition coefficient (Wildman–Crippen LogP) is 4.03. The highest BCUT2D eigenvalue weighted by Crippen LogP contribution is 2.36. The Morgan fingerprint density at radius 3 is 2.35 bits per heavy atom. The molecule has 1 rings (SSSR count). The van der Waals surface area contributed by atoms with Gasteiger partial charge in [-0.1, -0.05) is 32.9 Å². The maximum atomic E-state index is 11.4. The van der Waals surface area contributed by atoms with E-state index in [-0.39, 0.29) is 0 Å². The molecule has 0 amide bonds. The minimum absolute atomic E-state index is 0.342. The summed E-state index contributed by atoms with van der Waals surface area (Å²) in [5.74, 6) is 0.415. The molecule has 112 valence electrons. The van der Waals surface area contributed by atoms with Gasteiger partial charge in [-0.25, -0.2) is 0 Å². The summed E-state index contributed by atoms with van der Waals surface area (Å²) >= 11 is 0. The third-order valence-electron chi connectivity index (χ3n) is 3.78. The van der Waals surface area contributed by atoms with Crippen molar-refractivity contribution in [1.82, 2.24) is 0 Å². The maximum Gasteiger partial charge on any atom is 0.309 e. The molecular weight excluding hydrogens is 252 g/mol. The normalized spacial score (nSPS) is 11.8. The van der Waals surface area contributed by atoms with E-state index in [4.69, 9.17) is 4.74 Å². The van der Waals surface area contributed by atoms with Crippen LogP contribution in [0.1, 0.15) is 57.2 Å². The zero-order chi connectivity index (χ0) is 15.5. The van der Waals surface area contributed by atoms with E-state index in [1.807, 2.05) is 0 Å². The quantitative estimate of drug-likeness (QED) is 0.854. The summed E-state index contributed by atoms with van der Waals surface area (Å²) in [6, 6.07) is 4.20. The third-order valence-corrected chi connectivity index (χ3v) is 3.78. The first-order valence-corrected chi connectivity index (χ1v) is 7.16. The molecule has 3 nitrogen and oxygen atoms in total. The minimum Gasteiger partial charge on any atom is -0.496 e. The van der Waals surface area contributed by atoms with E-state index in [1.54, 1.807) is 21.0 Å². The Bertz CT molecular complexity index is 487. The largest absolute Gasteiger partial charge is 0.496 e. The Balaban J connectivity index is 3.43. The molecule has 0 radical (unpaired) electrons. The number of carboxylic acids is 1. The number of methoxy groups -OCH3 is 1. The number of benzene rings is 1. The highest BCUT2D eigenvalue weighted by molar-refractivity contribution is 5.74. The number of ether oxygens (including phenoxy) is 1. The Morgan fingerprint density at radius 2 is 1.95 bits per heavy atom. The van der Waals surface area contributed by atoms with Crippen LogP contribution in [0.25, 0.3) is 0 Å². The van der Waals surface area contributed by atoms with E-state index in [2.05, 4.69) is 32.9 Å². The van der Waals surface area contributed by atoms with Gasteiger partial charge in [0.05, 0.1) is 12.5 Å². The summed E-state index contributed by atoms with van der Waals surface area (Å²) in [6.45, 7) is 9.85. The topological polar surface area (TPSA) is 46.5 Å². The van der Waals surface area contributed by atoms with Gasteiger partial charge in [-0.2, -0.15) is 0 Å². The Labute approximate surface area is 122 Å². The van der Waals surface area contributed by atoms with Crippen molar-refractivity contribution in [3.63, 3.8) is 0 Å². The molecule has 0 aromatic heterocycles. The van der Waals surface area contributed by atoms with Crippen molar-refractivity contribution in [3.05, 3.63) is 28.8 Å². The second-order valence-electron chi connectivity index (χ2n) is 6.20. The molecule has 0 aliphatic rings. The van der Waals surface area contributed by atoms with Crippen molar-refractivity contribution in [2.24, 2.45) is 5.41 Å². The van der Waals surface area contributed by atoms with Crippen molar-refractivity contribution < 1.29 is 14.6 Å². The van der Waals surface area contributed by atoms with Gasteiger partial charge in [0.15, 0.2) is 0 Å². The van der Waals surface area contributed by atoms with Crippen LogP contribution in [-0.4, -0.2) is 18.2 Å². The van der Waals surface area contributed by atoms with Gasteiger partial charge >= 0.3 is 5.97 Å². The Hall–Kier alpha value is -1.51. The summed E-state index contributed by atoms with van der Waals surface area (Å²) in [5, 5.41) is 9.38. The summed E-state index contributed by atoms with van der Waals surface area (Å²) in [5.41, 5.74) is 2.54. The van der Waals surface area contributed by atoms with Gasteiger partial charge in [0.1, 0.15) is 5.75 Å². The number of carbonyl (C=O) groups is 1. The van der Waals surface area contributed by atoms with Gasteiger partial charge in [-0.15, -0.1) is 0 Å². The fraction of sp³-hybridized carbons (Fsp3) is 0.588. The molecule has 0 atom stereocenters. The molecule has 1 N–H and O–H groups in total. The number of aliphatic carboxylic acids is 1. The molecule has 0 aliphatic carbocycles. The summed E-state index contributed by atoms with van der Waals surface area (Å²) in [7, 11) is 1.66. The first-order valence-electron chi connectivity index (χ1n) is 7.16. The van der Waals surface area contributed by atoms with E-state index in [1.165, 1.54) is 5.56 Å². The lowest BCUT2D eigenvalue weighted by Gasteiger charge is -2.25. The van der Waals surface area contributed by atoms with Gasteiger partial charge in [0.25, 0.3) is 0 Å². The van der Waals surface area contributed by atoms with Crippen LogP contribution >= 0.6 is 0 Å². The van der Waals surface area contributed by atoms with Crippen LogP contribution in [-0.2, 0) is 17.6 Å². The van der Waals surface area contributed by atoms with Crippen LogP contribution in [0.15, 0.2) is 12.1 Å². The molecule has 0 aliphatic heterocycles. The van der Waals surface area contributed by atoms with Crippen molar-refractivity contribution in [2.75, 3.05) is 7.11 Å². The monoisotopic (exact) mass is 278 g/mol. The van der Waals surface area contributed by atoms with Crippen molar-refractivity contribution in [3.8, 4) is 5.75 Å². The van der Waals surface area contributed by atoms with Crippen LogP contribution in [0.2, 0.25) is 0 Å². The molecule has 3 heteroatoms. The smallest absolute Gasteiger partial charge is 0.309 e. The van der Waals surface area contributed by atoms with Crippen LogP contribution in [0.4, 0.5) is 0 Å². The number of carboxylic acid groups (broad SMARTS) is 1. The second kappa shape index (κ2) is 6.29. The van der Waals surface area contributed by atoms with Gasteiger partial charge in [0.2, 0.25) is 0 Å². The SMILES string of the molecule is CCc1ccc(C(C)C)c(CC(C)(C)C(=O)O)c1OC. The Kier molecular flexibility index (Phi) is 5.21. The average molecular weight is 278 g/mol. The van der Waals surface area contributed by atoms with Crippen molar-refractivity contribution >= 4 is 5.97 Å². The molecule has 20 heavy (non-hydrogen) atoms. The molecule has 0 spiro atoms. The first-order chi connectivity index (χ1) is 9.24. The summed E-state index contributed by atoms with van der Waals surface area (Å²) < 4.78 is 5.59. The van der Waals surface area contributed by atoms with Crippen molar-refractivity contribution in [2.45, 2.75) is 53.4 Å². The van der Waals surface area contributed by atoms with E-state index in [0.717, 1.165) is 23.3 Å². The molecule has 0 saturated heterocycles. The van der Waals surface area contributed by atoms with Gasteiger partial charge < -0.3 is 9.84 Å². The van der Waals surface area contributed by atoms with Gasteiger partial charge in [-0.3, -0.25) is 4.79 Å². The number of hydrogen-bond acceptors (Lipinski definition) is 2. The summed E-state index contributed by atoms with van der Waals surface area (Å²) in [4.78, 5) is 11.4. The Morgan fingerprint density at radius 1 is 1.35 bits per heavy atom. The highest BCUT2D eigenvalue weighted by atomic mass is 16.5. The minimum atomic E-state index is -0.802. The molecule has 0 unspecified atom stereocenters. The highest BCUT2D eigenvalue weighted by Gasteiger charge is 2.30. The van der Waals surface area contributed by atoms with E-state index >= 15 is 0 Å². The lowest BCUT2D eigenvalue weighted by molar-refractivity contribution is -0.146. The molecule has 1 aromatic rings. The first kappa shape index (κ1) is 16.5. The molecule has 0 saturated carbocycles. The predicted molar refractivity (Wildman–Crippen MR) is 81.6 cm³/mol. The summed E-state index contributed by atoms with van der Waals surface area (Å²) in [6.07, 6.45) is 1.36. The van der Waals surface area contributed by atoms with Gasteiger partial charge in [0, 0.05) is 0 Å². The molecular formula is C17H26O3. The maximum absolute atomic E-state index is 11.4. The molecule has 0 heterocycles. The van der Waals surface area contributed by atoms with E-state index in [9.17, 15) is 9.90 Å². The molecule has 1 aromatic carbocycles. The van der Waals surface area contributed by atoms with E-state index in [0.29, 0.717) is 12.3 Å². The van der Waals surface area contributed by atoms with E-state index < -0.39 is 11.4 Å². The van der Waals surface area contributed by atoms with Crippen molar-refractivity contribution in [1.29, 1.82) is 0 Å². The van der Waals surface area contributed by atoms with Gasteiger partial charge in [-0.05, 0) is 49.3 Å². The zero-order valence-corrected chi connectivity index (χ0v) is 13.4. The number of hydrogen-bond donors (Lipinski definition) is 1. The lowest BCUT2D eigenvalue weighted by Crippen LogP contribution is -2.27. The second-order valence-corrected chi connectivity index (χ2v) is 6.20. The number of rotatable bonds is 6. The molecule has 0 fully saturated rings. The fourth-order valence-corrected chi connectivity index (χ4v) is 2.47. The van der Waals surface area contributed by atoms with Crippen LogP contribution in [0, 0.1) is 5.41 Å². The van der Waals surface area contributed by atoms with Crippen LogP contribution < -0.4 is 4.74 Å². The standard InChI is InChI=1S/C17H26O3/c1-7-12-8-9-13(11(2)3)14(15(12)20-6)10-17(4,5)16(18)19/h8-9,11H,7,10H2,1-6H3,(H,18,19). The lowest BCUT2D eigenvalue weighted by atomic mass is 9.81.